The molecule has 0 aliphatic carbocycles. The molecule has 1 aromatic carbocycles. The van der Waals surface area contributed by atoms with Gasteiger partial charge in [0.05, 0.1) is 5.92 Å². The molecule has 7 nitrogen and oxygen atoms in total. The third-order valence-corrected chi connectivity index (χ3v) is 6.90. The zero-order valence-electron chi connectivity index (χ0n) is 20.4. The number of amides is 1. The number of nitrogens with zero attached hydrogens (tertiary/aromatic N) is 3. The van der Waals surface area contributed by atoms with E-state index in [2.05, 4.69) is 56.6 Å². The van der Waals surface area contributed by atoms with Crippen LogP contribution < -0.4 is 16.4 Å². The highest BCUT2D eigenvalue weighted by Crippen LogP contribution is 2.19. The van der Waals surface area contributed by atoms with Gasteiger partial charge in [-0.25, -0.2) is 0 Å². The molecule has 2 aliphatic heterocycles. The SMILES string of the molecule is CCC1CCCCN1CCNC(=NC)NCc1cccc(CN2CCCC(C(N)=O)C2)c1.I. The van der Waals surface area contributed by atoms with Gasteiger partial charge in [-0.15, -0.1) is 24.0 Å². The number of primary amides is 1. The molecule has 2 aliphatic rings. The van der Waals surface area contributed by atoms with Gasteiger partial charge in [0.1, 0.15) is 0 Å². The minimum absolute atomic E-state index is 0. The summed E-state index contributed by atoms with van der Waals surface area (Å²) in [6, 6.07) is 9.40. The fraction of sp³-hybridized carbons (Fsp3) is 0.680. The first kappa shape index (κ1) is 27.9. The van der Waals surface area contributed by atoms with Crippen molar-refractivity contribution in [3.05, 3.63) is 35.4 Å². The van der Waals surface area contributed by atoms with Crippen molar-refractivity contribution < 1.29 is 4.79 Å². The summed E-state index contributed by atoms with van der Waals surface area (Å²) in [7, 11) is 1.83. The van der Waals surface area contributed by atoms with E-state index in [1.165, 1.54) is 43.4 Å². The Morgan fingerprint density at radius 1 is 1.15 bits per heavy atom. The number of hydrogen-bond donors (Lipinski definition) is 3. The van der Waals surface area contributed by atoms with Crippen LogP contribution >= 0.6 is 24.0 Å². The molecular weight excluding hydrogens is 527 g/mol. The minimum atomic E-state index is -0.169. The van der Waals surface area contributed by atoms with E-state index in [4.69, 9.17) is 5.73 Å². The summed E-state index contributed by atoms with van der Waals surface area (Å²) >= 11 is 0. The van der Waals surface area contributed by atoms with Crippen molar-refractivity contribution in [1.29, 1.82) is 0 Å². The van der Waals surface area contributed by atoms with Crippen LogP contribution in [0, 0.1) is 5.92 Å². The van der Waals surface area contributed by atoms with Crippen molar-refractivity contribution in [3.63, 3.8) is 0 Å². The number of nitrogens with two attached hydrogens (primary N) is 1. The molecule has 1 amide bonds. The molecule has 8 heteroatoms. The zero-order chi connectivity index (χ0) is 22.8. The number of carbonyl (C=O) groups excluding carboxylic acids is 1. The number of nitrogens with one attached hydrogen (secondary N) is 2. The van der Waals surface area contributed by atoms with Gasteiger partial charge < -0.3 is 16.4 Å². The summed E-state index contributed by atoms with van der Waals surface area (Å²) in [5.74, 6) is 0.665. The van der Waals surface area contributed by atoms with E-state index in [0.717, 1.165) is 64.1 Å². The second-order valence-electron chi connectivity index (χ2n) is 9.24. The first-order valence-electron chi connectivity index (χ1n) is 12.4. The average Bonchev–Trinajstić information content (AvgIpc) is 2.82. The molecule has 0 saturated carbocycles. The van der Waals surface area contributed by atoms with E-state index < -0.39 is 0 Å². The molecule has 0 bridgehead atoms. The number of aliphatic imine (C=N–C) groups is 1. The molecule has 33 heavy (non-hydrogen) atoms. The molecule has 4 N–H and O–H groups in total. The molecule has 1 aromatic rings. The van der Waals surface area contributed by atoms with Crippen LogP contribution in [0.15, 0.2) is 29.3 Å². The highest BCUT2D eigenvalue weighted by atomic mass is 127. The van der Waals surface area contributed by atoms with Crippen LogP contribution in [0.5, 0.6) is 0 Å². The smallest absolute Gasteiger partial charge is 0.221 e. The van der Waals surface area contributed by atoms with Crippen LogP contribution in [0.25, 0.3) is 0 Å². The molecule has 2 atom stereocenters. The number of likely N-dealkylation sites (tertiary alicyclic amines) is 2. The molecule has 0 spiro atoms. The molecule has 2 fully saturated rings. The molecule has 0 radical (unpaired) electrons. The van der Waals surface area contributed by atoms with Gasteiger partial charge in [0, 0.05) is 45.8 Å². The number of hydrogen-bond acceptors (Lipinski definition) is 4. The van der Waals surface area contributed by atoms with Crippen LogP contribution in [-0.4, -0.2) is 67.5 Å². The topological polar surface area (TPSA) is 86.0 Å². The van der Waals surface area contributed by atoms with Crippen LogP contribution in [0.3, 0.4) is 0 Å². The Labute approximate surface area is 217 Å². The van der Waals surface area contributed by atoms with E-state index in [0.29, 0.717) is 0 Å². The van der Waals surface area contributed by atoms with Crippen molar-refractivity contribution in [3.8, 4) is 0 Å². The van der Waals surface area contributed by atoms with Gasteiger partial charge in [0.25, 0.3) is 0 Å². The van der Waals surface area contributed by atoms with E-state index in [9.17, 15) is 4.79 Å². The molecule has 2 heterocycles. The molecule has 2 saturated heterocycles. The minimum Gasteiger partial charge on any atom is -0.369 e. The zero-order valence-corrected chi connectivity index (χ0v) is 22.7. The number of benzene rings is 1. The normalized spacial score (nSPS) is 22.4. The fourth-order valence-corrected chi connectivity index (χ4v) is 5.07. The van der Waals surface area contributed by atoms with Gasteiger partial charge in [-0.05, 0) is 56.3 Å². The van der Waals surface area contributed by atoms with E-state index in [-0.39, 0.29) is 35.8 Å². The van der Waals surface area contributed by atoms with E-state index >= 15 is 0 Å². The predicted molar refractivity (Wildman–Crippen MR) is 147 cm³/mol. The molecule has 2 unspecified atom stereocenters. The van der Waals surface area contributed by atoms with Crippen LogP contribution in [0.2, 0.25) is 0 Å². The van der Waals surface area contributed by atoms with Crippen molar-refractivity contribution in [2.24, 2.45) is 16.6 Å². The number of rotatable bonds is 9. The summed E-state index contributed by atoms with van der Waals surface area (Å²) in [6.45, 7) is 8.88. The van der Waals surface area contributed by atoms with E-state index in [1.807, 2.05) is 7.05 Å². The largest absolute Gasteiger partial charge is 0.369 e. The Morgan fingerprint density at radius 3 is 2.73 bits per heavy atom. The third kappa shape index (κ3) is 9.05. The predicted octanol–water partition coefficient (Wildman–Crippen LogP) is 2.93. The summed E-state index contributed by atoms with van der Waals surface area (Å²) in [5.41, 5.74) is 8.03. The molecule has 3 rings (SSSR count). The maximum atomic E-state index is 11.5. The van der Waals surface area contributed by atoms with Gasteiger partial charge in [-0.1, -0.05) is 37.6 Å². The lowest BCUT2D eigenvalue weighted by atomic mass is 9.97. The van der Waals surface area contributed by atoms with Crippen molar-refractivity contribution >= 4 is 35.8 Å². The molecule has 186 valence electrons. The second-order valence-corrected chi connectivity index (χ2v) is 9.24. The summed E-state index contributed by atoms with van der Waals surface area (Å²) in [6.07, 6.45) is 7.21. The number of carbonyl (C=O) groups is 1. The highest BCUT2D eigenvalue weighted by Gasteiger charge is 2.24. The first-order valence-corrected chi connectivity index (χ1v) is 12.4. The van der Waals surface area contributed by atoms with Gasteiger partial charge in [0.15, 0.2) is 5.96 Å². The van der Waals surface area contributed by atoms with Gasteiger partial charge in [-0.3, -0.25) is 19.6 Å². The number of guanidine groups is 1. The summed E-state index contributed by atoms with van der Waals surface area (Å²) in [4.78, 5) is 20.9. The van der Waals surface area contributed by atoms with Crippen molar-refractivity contribution in [2.45, 2.75) is 64.6 Å². The lowest BCUT2D eigenvalue weighted by Gasteiger charge is -2.35. The van der Waals surface area contributed by atoms with Gasteiger partial charge in [-0.2, -0.15) is 0 Å². The van der Waals surface area contributed by atoms with Crippen LogP contribution in [-0.2, 0) is 17.9 Å². The Hall–Kier alpha value is -1.39. The van der Waals surface area contributed by atoms with Gasteiger partial charge in [0.2, 0.25) is 5.91 Å². The number of piperidine rings is 2. The lowest BCUT2D eigenvalue weighted by Crippen LogP contribution is -2.45. The van der Waals surface area contributed by atoms with E-state index in [1.54, 1.807) is 0 Å². The van der Waals surface area contributed by atoms with Gasteiger partial charge >= 0.3 is 0 Å². The lowest BCUT2D eigenvalue weighted by molar-refractivity contribution is -0.123. The second kappa shape index (κ2) is 14.8. The fourth-order valence-electron chi connectivity index (χ4n) is 5.07. The highest BCUT2D eigenvalue weighted by molar-refractivity contribution is 14.0. The van der Waals surface area contributed by atoms with Crippen LogP contribution in [0.4, 0.5) is 0 Å². The Balaban J connectivity index is 0.00000385. The third-order valence-electron chi connectivity index (χ3n) is 6.90. The average molecular weight is 571 g/mol. The Bertz CT molecular complexity index is 758. The Morgan fingerprint density at radius 2 is 1.97 bits per heavy atom. The first-order chi connectivity index (χ1) is 15.6. The monoisotopic (exact) mass is 570 g/mol. The summed E-state index contributed by atoms with van der Waals surface area (Å²) < 4.78 is 0. The maximum Gasteiger partial charge on any atom is 0.221 e. The Kier molecular flexibility index (Phi) is 12.5. The molecular formula is C25H43IN6O. The summed E-state index contributed by atoms with van der Waals surface area (Å²) in [5, 5.41) is 6.92. The maximum absolute atomic E-state index is 11.5. The van der Waals surface area contributed by atoms with Crippen molar-refractivity contribution in [1.82, 2.24) is 20.4 Å². The van der Waals surface area contributed by atoms with Crippen LogP contribution in [0.1, 0.15) is 56.6 Å². The quantitative estimate of drug-likeness (QED) is 0.242. The molecule has 0 aromatic heterocycles. The standard InChI is InChI=1S/C25H42N6O.HI/c1-3-23-11-4-5-14-31(23)15-12-28-25(27-2)29-17-20-8-6-9-21(16-20)18-30-13-7-10-22(19-30)24(26)32;/h6,8-9,16,22-23H,3-5,7,10-15,17-19H2,1-2H3,(H2,26,32)(H2,27,28,29);1H. The number of halogens is 1. The van der Waals surface area contributed by atoms with Crippen molar-refractivity contribution in [2.75, 3.05) is 39.8 Å².